The SMILES string of the molecule is N=Cc1cc(Cl)cc(C(O)C(F)(F)C2CCN(C(=O)Cc3ccnc(Cl)c3)CC2)c1N. The first-order valence-corrected chi connectivity index (χ1v) is 10.4. The zero-order valence-corrected chi connectivity index (χ0v) is 18.0. The topological polar surface area (TPSA) is 103 Å². The van der Waals surface area contributed by atoms with Crippen LogP contribution in [-0.4, -0.2) is 46.1 Å². The van der Waals surface area contributed by atoms with E-state index in [1.807, 2.05) is 0 Å². The predicted octanol–water partition coefficient (Wildman–Crippen LogP) is 4.12. The summed E-state index contributed by atoms with van der Waals surface area (Å²) in [6.45, 7) is 0.308. The van der Waals surface area contributed by atoms with E-state index in [2.05, 4.69) is 4.98 Å². The number of aromatic nitrogens is 1. The third kappa shape index (κ3) is 5.14. The molecule has 1 saturated heterocycles. The first kappa shape index (κ1) is 23.4. The number of nitrogen functional groups attached to an aromatic ring is 1. The number of nitrogens with two attached hydrogens (primary N) is 1. The van der Waals surface area contributed by atoms with Gasteiger partial charge < -0.3 is 21.1 Å². The summed E-state index contributed by atoms with van der Waals surface area (Å²) in [6, 6.07) is 5.84. The average molecular weight is 471 g/mol. The van der Waals surface area contributed by atoms with Gasteiger partial charge in [0.05, 0.1) is 6.42 Å². The Morgan fingerprint density at radius 3 is 2.65 bits per heavy atom. The van der Waals surface area contributed by atoms with Gasteiger partial charge in [-0.1, -0.05) is 23.2 Å². The summed E-state index contributed by atoms with van der Waals surface area (Å²) in [6.07, 6.45) is 0.406. The van der Waals surface area contributed by atoms with Crippen molar-refractivity contribution in [2.75, 3.05) is 18.8 Å². The van der Waals surface area contributed by atoms with Gasteiger partial charge in [-0.2, -0.15) is 0 Å². The van der Waals surface area contributed by atoms with E-state index in [4.69, 9.17) is 34.3 Å². The van der Waals surface area contributed by atoms with Crippen molar-refractivity contribution in [3.05, 3.63) is 57.3 Å². The van der Waals surface area contributed by atoms with Gasteiger partial charge in [0.25, 0.3) is 5.92 Å². The van der Waals surface area contributed by atoms with Crippen LogP contribution in [0.2, 0.25) is 10.2 Å². The fourth-order valence-electron chi connectivity index (χ4n) is 3.79. The highest BCUT2D eigenvalue weighted by Crippen LogP contribution is 2.44. The number of rotatable bonds is 6. The molecule has 1 aliphatic heterocycles. The van der Waals surface area contributed by atoms with Crippen LogP contribution in [-0.2, 0) is 11.2 Å². The maximum Gasteiger partial charge on any atom is 0.280 e. The number of hydrogen-bond acceptors (Lipinski definition) is 5. The maximum atomic E-state index is 15.1. The Bertz CT molecular complexity index is 982. The number of anilines is 1. The molecule has 31 heavy (non-hydrogen) atoms. The van der Waals surface area contributed by atoms with Crippen molar-refractivity contribution < 1.29 is 18.7 Å². The normalized spacial score (nSPS) is 16.2. The van der Waals surface area contributed by atoms with Crippen LogP contribution in [0.25, 0.3) is 0 Å². The number of nitrogens with one attached hydrogen (secondary N) is 1. The van der Waals surface area contributed by atoms with Crippen molar-refractivity contribution in [2.45, 2.75) is 31.3 Å². The van der Waals surface area contributed by atoms with Gasteiger partial charge in [0.15, 0.2) is 0 Å². The first-order valence-electron chi connectivity index (χ1n) is 9.67. The molecule has 0 bridgehead atoms. The first-order chi connectivity index (χ1) is 14.6. The third-order valence-electron chi connectivity index (χ3n) is 5.56. The molecule has 3 rings (SSSR count). The van der Waals surface area contributed by atoms with E-state index in [0.717, 1.165) is 6.21 Å². The van der Waals surface area contributed by atoms with Crippen LogP contribution in [0.5, 0.6) is 0 Å². The lowest BCUT2D eigenvalue weighted by Gasteiger charge is -2.38. The maximum absolute atomic E-state index is 15.1. The zero-order chi connectivity index (χ0) is 22.8. The quantitative estimate of drug-likeness (QED) is 0.335. The Balaban J connectivity index is 1.67. The van der Waals surface area contributed by atoms with Gasteiger partial charge in [0.1, 0.15) is 11.3 Å². The van der Waals surface area contributed by atoms with Gasteiger partial charge in [-0.05, 0) is 42.7 Å². The smallest absolute Gasteiger partial charge is 0.280 e. The molecule has 166 valence electrons. The van der Waals surface area contributed by atoms with Crippen LogP contribution in [0, 0.1) is 11.3 Å². The zero-order valence-electron chi connectivity index (χ0n) is 16.5. The minimum Gasteiger partial charge on any atom is -0.398 e. The lowest BCUT2D eigenvalue weighted by molar-refractivity contribution is -0.164. The summed E-state index contributed by atoms with van der Waals surface area (Å²) in [7, 11) is 0. The summed E-state index contributed by atoms with van der Waals surface area (Å²) in [5, 5.41) is 18.2. The molecule has 2 aromatic rings. The molecule has 1 aromatic heterocycles. The molecule has 1 unspecified atom stereocenters. The number of amides is 1. The molecule has 1 aliphatic rings. The fourth-order valence-corrected chi connectivity index (χ4v) is 4.22. The summed E-state index contributed by atoms with van der Waals surface area (Å²) >= 11 is 11.8. The molecule has 6 nitrogen and oxygen atoms in total. The molecule has 4 N–H and O–H groups in total. The third-order valence-corrected chi connectivity index (χ3v) is 5.99. The Kier molecular flexibility index (Phi) is 7.13. The van der Waals surface area contributed by atoms with Crippen molar-refractivity contribution in [2.24, 2.45) is 5.92 Å². The standard InChI is InChI=1S/C21H22Cl2F2N4O2/c22-15-9-13(11-26)19(27)16(10-15)20(31)21(24,25)14-2-5-29(6-3-14)18(30)8-12-1-4-28-17(23)7-12/h1,4,7,9-11,14,20,26,31H,2-3,5-6,8,27H2. The highest BCUT2D eigenvalue weighted by atomic mass is 35.5. The van der Waals surface area contributed by atoms with Crippen molar-refractivity contribution >= 4 is 41.0 Å². The van der Waals surface area contributed by atoms with Gasteiger partial charge in [0, 0.05) is 53.3 Å². The number of aliphatic hydroxyl groups excluding tert-OH is 1. The van der Waals surface area contributed by atoms with Gasteiger partial charge in [0.2, 0.25) is 5.91 Å². The molecule has 0 saturated carbocycles. The molecule has 0 spiro atoms. The predicted molar refractivity (Wildman–Crippen MR) is 116 cm³/mol. The Hall–Kier alpha value is -2.29. The fraction of sp³-hybridized carbons (Fsp3) is 0.381. The van der Waals surface area contributed by atoms with E-state index in [0.29, 0.717) is 5.56 Å². The molecule has 2 heterocycles. The van der Waals surface area contributed by atoms with Gasteiger partial charge in [-0.3, -0.25) is 4.79 Å². The number of piperidine rings is 1. The Morgan fingerprint density at radius 2 is 2.03 bits per heavy atom. The van der Waals surface area contributed by atoms with Gasteiger partial charge >= 0.3 is 0 Å². The summed E-state index contributed by atoms with van der Waals surface area (Å²) in [5.41, 5.74) is 6.42. The number of carbonyl (C=O) groups excluding carboxylic acids is 1. The van der Waals surface area contributed by atoms with E-state index < -0.39 is 17.9 Å². The number of likely N-dealkylation sites (tertiary alicyclic amines) is 1. The molecule has 1 fully saturated rings. The lowest BCUT2D eigenvalue weighted by Crippen LogP contribution is -2.46. The Labute approximate surface area is 188 Å². The minimum absolute atomic E-state index is 0.0325. The van der Waals surface area contributed by atoms with Crippen molar-refractivity contribution in [1.82, 2.24) is 9.88 Å². The Morgan fingerprint density at radius 1 is 1.35 bits per heavy atom. The molecular formula is C21H22Cl2F2N4O2. The molecular weight excluding hydrogens is 449 g/mol. The molecule has 10 heteroatoms. The number of halogens is 4. The second-order valence-electron chi connectivity index (χ2n) is 7.54. The monoisotopic (exact) mass is 470 g/mol. The number of benzene rings is 1. The van der Waals surface area contributed by atoms with Gasteiger partial charge in [-0.25, -0.2) is 13.8 Å². The van der Waals surface area contributed by atoms with Crippen molar-refractivity contribution in [3.63, 3.8) is 0 Å². The van der Waals surface area contributed by atoms with Crippen LogP contribution in [0.3, 0.4) is 0 Å². The average Bonchev–Trinajstić information content (AvgIpc) is 2.74. The molecule has 1 atom stereocenters. The van der Waals surface area contributed by atoms with Crippen molar-refractivity contribution in [3.8, 4) is 0 Å². The lowest BCUT2D eigenvalue weighted by atomic mass is 9.84. The minimum atomic E-state index is -3.48. The summed E-state index contributed by atoms with van der Waals surface area (Å²) in [4.78, 5) is 17.9. The van der Waals surface area contributed by atoms with Gasteiger partial charge in [-0.15, -0.1) is 0 Å². The molecule has 1 aromatic carbocycles. The van der Waals surface area contributed by atoms with Crippen LogP contribution in [0.15, 0.2) is 30.5 Å². The van der Waals surface area contributed by atoms with E-state index in [1.165, 1.54) is 23.2 Å². The number of nitrogens with zero attached hydrogens (tertiary/aromatic N) is 2. The van der Waals surface area contributed by atoms with Crippen LogP contribution in [0.1, 0.15) is 35.6 Å². The number of aliphatic hydroxyl groups is 1. The van der Waals surface area contributed by atoms with E-state index in [-0.39, 0.29) is 65.2 Å². The van der Waals surface area contributed by atoms with E-state index >= 15 is 8.78 Å². The van der Waals surface area contributed by atoms with E-state index in [1.54, 1.807) is 12.1 Å². The summed E-state index contributed by atoms with van der Waals surface area (Å²) < 4.78 is 30.2. The number of pyridine rings is 1. The van der Waals surface area contributed by atoms with Crippen LogP contribution < -0.4 is 5.73 Å². The van der Waals surface area contributed by atoms with Crippen LogP contribution >= 0.6 is 23.2 Å². The van der Waals surface area contributed by atoms with Crippen molar-refractivity contribution in [1.29, 1.82) is 5.41 Å². The second-order valence-corrected chi connectivity index (χ2v) is 8.36. The molecule has 0 radical (unpaired) electrons. The highest BCUT2D eigenvalue weighted by molar-refractivity contribution is 6.31. The number of carbonyl (C=O) groups is 1. The molecule has 1 amide bonds. The highest BCUT2D eigenvalue weighted by Gasteiger charge is 2.48. The summed E-state index contributed by atoms with van der Waals surface area (Å²) in [5.74, 6) is -4.80. The number of alkyl halides is 2. The van der Waals surface area contributed by atoms with Crippen LogP contribution in [0.4, 0.5) is 14.5 Å². The van der Waals surface area contributed by atoms with E-state index in [9.17, 15) is 9.90 Å². The molecule has 0 aliphatic carbocycles. The largest absolute Gasteiger partial charge is 0.398 e. The second kappa shape index (κ2) is 9.46. The number of hydrogen-bond donors (Lipinski definition) is 3.